The van der Waals surface area contributed by atoms with E-state index in [2.05, 4.69) is 20.5 Å². The fourth-order valence-electron chi connectivity index (χ4n) is 4.27. The Balaban J connectivity index is 1.23. The second-order valence-electron chi connectivity index (χ2n) is 9.10. The molecule has 2 heterocycles. The van der Waals surface area contributed by atoms with Gasteiger partial charge in [-0.3, -0.25) is 4.90 Å². The number of rotatable bonds is 11. The summed E-state index contributed by atoms with van der Waals surface area (Å²) in [6.07, 6.45) is 5.89. The molecule has 0 radical (unpaired) electrons. The van der Waals surface area contributed by atoms with E-state index in [0.717, 1.165) is 55.5 Å². The number of likely N-dealkylation sites (tertiary alicyclic amines) is 1. The number of hydrogen-bond acceptors (Lipinski definition) is 6. The first kappa shape index (κ1) is 25.0. The van der Waals surface area contributed by atoms with Gasteiger partial charge in [0.05, 0.1) is 13.7 Å². The number of aromatic nitrogens is 2. The zero-order valence-electron chi connectivity index (χ0n) is 20.5. The van der Waals surface area contributed by atoms with Crippen LogP contribution in [0.5, 0.6) is 17.2 Å². The SMILES string of the molecule is COc1cc(CN2CCC(O)(COc3ccc(F)cc3)CC2)ccc1OCCCn1ccnc1C. The maximum atomic E-state index is 13.1. The molecule has 1 N–H and O–H groups in total. The maximum absolute atomic E-state index is 13.1. The molecule has 4 rings (SSSR count). The summed E-state index contributed by atoms with van der Waals surface area (Å²) in [6.45, 7) is 5.95. The smallest absolute Gasteiger partial charge is 0.161 e. The average Bonchev–Trinajstić information content (AvgIpc) is 3.28. The number of hydrogen-bond donors (Lipinski definition) is 1. The molecule has 0 saturated carbocycles. The van der Waals surface area contributed by atoms with E-state index in [0.29, 0.717) is 25.2 Å². The molecular formula is C27H34FN3O4. The third-order valence-corrected chi connectivity index (χ3v) is 6.47. The molecule has 0 amide bonds. The van der Waals surface area contributed by atoms with Gasteiger partial charge >= 0.3 is 0 Å². The van der Waals surface area contributed by atoms with E-state index in [1.807, 2.05) is 31.5 Å². The van der Waals surface area contributed by atoms with Crippen molar-refractivity contribution in [2.24, 2.45) is 0 Å². The Morgan fingerprint density at radius 2 is 1.83 bits per heavy atom. The van der Waals surface area contributed by atoms with Crippen LogP contribution < -0.4 is 14.2 Å². The van der Waals surface area contributed by atoms with Crippen molar-refractivity contribution in [1.82, 2.24) is 14.5 Å². The number of methoxy groups -OCH3 is 1. The van der Waals surface area contributed by atoms with Crippen molar-refractivity contribution in [1.29, 1.82) is 0 Å². The molecule has 1 aliphatic heterocycles. The second kappa shape index (κ2) is 11.6. The molecule has 1 fully saturated rings. The fraction of sp³-hybridized carbons (Fsp3) is 0.444. The molecule has 8 heteroatoms. The maximum Gasteiger partial charge on any atom is 0.161 e. The van der Waals surface area contributed by atoms with Gasteiger partial charge in [-0.25, -0.2) is 9.37 Å². The van der Waals surface area contributed by atoms with Crippen molar-refractivity contribution in [3.8, 4) is 17.2 Å². The highest BCUT2D eigenvalue weighted by atomic mass is 19.1. The Hall–Kier alpha value is -3.10. The summed E-state index contributed by atoms with van der Waals surface area (Å²) < 4.78 is 32.4. The van der Waals surface area contributed by atoms with Crippen LogP contribution in [0.3, 0.4) is 0 Å². The number of halogens is 1. The molecule has 188 valence electrons. The van der Waals surface area contributed by atoms with Gasteiger partial charge in [0.1, 0.15) is 29.6 Å². The predicted molar refractivity (Wildman–Crippen MR) is 131 cm³/mol. The molecule has 1 aliphatic rings. The van der Waals surface area contributed by atoms with Gasteiger partial charge in [-0.2, -0.15) is 0 Å². The first-order valence-electron chi connectivity index (χ1n) is 12.0. The molecular weight excluding hydrogens is 449 g/mol. The minimum Gasteiger partial charge on any atom is -0.493 e. The minimum absolute atomic E-state index is 0.201. The van der Waals surface area contributed by atoms with Gasteiger partial charge in [0.15, 0.2) is 11.5 Å². The van der Waals surface area contributed by atoms with E-state index in [1.54, 1.807) is 19.2 Å². The third-order valence-electron chi connectivity index (χ3n) is 6.47. The number of piperidine rings is 1. The number of imidazole rings is 1. The van der Waals surface area contributed by atoms with Gasteiger partial charge in [0.2, 0.25) is 0 Å². The van der Waals surface area contributed by atoms with Crippen LogP contribution in [-0.2, 0) is 13.1 Å². The van der Waals surface area contributed by atoms with E-state index in [-0.39, 0.29) is 12.4 Å². The molecule has 0 unspecified atom stereocenters. The minimum atomic E-state index is -0.879. The summed E-state index contributed by atoms with van der Waals surface area (Å²) in [7, 11) is 1.66. The molecule has 0 atom stereocenters. The summed E-state index contributed by atoms with van der Waals surface area (Å²) >= 11 is 0. The van der Waals surface area contributed by atoms with Crippen molar-refractivity contribution in [3.63, 3.8) is 0 Å². The predicted octanol–water partition coefficient (Wildman–Crippen LogP) is 4.21. The van der Waals surface area contributed by atoms with Crippen LogP contribution in [-0.4, -0.2) is 58.6 Å². The Bertz CT molecular complexity index is 1080. The van der Waals surface area contributed by atoms with Crippen molar-refractivity contribution in [3.05, 3.63) is 72.1 Å². The lowest BCUT2D eigenvalue weighted by atomic mass is 9.92. The summed E-state index contributed by atoms with van der Waals surface area (Å²) in [4.78, 5) is 6.55. The van der Waals surface area contributed by atoms with Crippen LogP contribution in [0.2, 0.25) is 0 Å². The molecule has 3 aromatic rings. The van der Waals surface area contributed by atoms with E-state index in [9.17, 15) is 9.50 Å². The van der Waals surface area contributed by atoms with Gasteiger partial charge in [0.25, 0.3) is 0 Å². The topological polar surface area (TPSA) is 69.0 Å². The molecule has 35 heavy (non-hydrogen) atoms. The molecule has 1 saturated heterocycles. The van der Waals surface area contributed by atoms with Crippen LogP contribution in [0.4, 0.5) is 4.39 Å². The molecule has 0 aliphatic carbocycles. The van der Waals surface area contributed by atoms with Crippen LogP contribution in [0.1, 0.15) is 30.7 Å². The van der Waals surface area contributed by atoms with E-state index < -0.39 is 5.60 Å². The van der Waals surface area contributed by atoms with E-state index >= 15 is 0 Å². The Kier molecular flexibility index (Phi) is 8.25. The normalized spacial score (nSPS) is 15.7. The van der Waals surface area contributed by atoms with Crippen molar-refractivity contribution >= 4 is 0 Å². The Morgan fingerprint density at radius 1 is 1.06 bits per heavy atom. The van der Waals surface area contributed by atoms with Crippen molar-refractivity contribution in [2.45, 2.75) is 44.9 Å². The number of ether oxygens (including phenoxy) is 3. The van der Waals surface area contributed by atoms with Gasteiger partial charge < -0.3 is 23.9 Å². The lowest BCUT2D eigenvalue weighted by Gasteiger charge is -2.38. The zero-order chi connectivity index (χ0) is 24.7. The Labute approximate surface area is 206 Å². The van der Waals surface area contributed by atoms with Gasteiger partial charge in [-0.05, 0) is 68.1 Å². The van der Waals surface area contributed by atoms with E-state index in [1.165, 1.54) is 12.1 Å². The van der Waals surface area contributed by atoms with Crippen LogP contribution in [0.15, 0.2) is 54.9 Å². The molecule has 0 spiro atoms. The molecule has 2 aromatic carbocycles. The highest BCUT2D eigenvalue weighted by Crippen LogP contribution is 2.30. The second-order valence-corrected chi connectivity index (χ2v) is 9.10. The van der Waals surface area contributed by atoms with Gasteiger partial charge in [-0.1, -0.05) is 6.07 Å². The third kappa shape index (κ3) is 6.96. The number of aryl methyl sites for hydroxylation is 2. The number of nitrogens with zero attached hydrogens (tertiary/aromatic N) is 3. The van der Waals surface area contributed by atoms with Gasteiger partial charge in [0, 0.05) is 38.6 Å². The Morgan fingerprint density at radius 3 is 2.51 bits per heavy atom. The highest BCUT2D eigenvalue weighted by molar-refractivity contribution is 5.43. The standard InChI is InChI=1S/C27H34FN3O4/c1-21-29-12-16-31(21)13-3-17-34-25-9-4-22(18-26(25)33-2)19-30-14-10-27(32,11-15-30)20-35-24-7-5-23(28)6-8-24/h4-9,12,16,18,32H,3,10-11,13-15,17,19-20H2,1-2H3. The average molecular weight is 484 g/mol. The number of aliphatic hydroxyl groups is 1. The van der Waals surface area contributed by atoms with Crippen LogP contribution in [0.25, 0.3) is 0 Å². The van der Waals surface area contributed by atoms with E-state index in [4.69, 9.17) is 14.2 Å². The van der Waals surface area contributed by atoms with Crippen LogP contribution >= 0.6 is 0 Å². The lowest BCUT2D eigenvalue weighted by molar-refractivity contribution is -0.0537. The number of benzene rings is 2. The van der Waals surface area contributed by atoms with Crippen LogP contribution in [0, 0.1) is 12.7 Å². The largest absolute Gasteiger partial charge is 0.493 e. The first-order chi connectivity index (χ1) is 16.9. The van der Waals surface area contributed by atoms with Gasteiger partial charge in [-0.15, -0.1) is 0 Å². The van der Waals surface area contributed by atoms with Crippen molar-refractivity contribution < 1.29 is 23.7 Å². The summed E-state index contributed by atoms with van der Waals surface area (Å²) in [5.74, 6) is 2.73. The summed E-state index contributed by atoms with van der Waals surface area (Å²) in [5, 5.41) is 10.9. The molecule has 7 nitrogen and oxygen atoms in total. The summed E-state index contributed by atoms with van der Waals surface area (Å²) in [6, 6.07) is 11.9. The quantitative estimate of drug-likeness (QED) is 0.412. The molecule has 0 bridgehead atoms. The fourth-order valence-corrected chi connectivity index (χ4v) is 4.27. The molecule has 1 aromatic heterocycles. The van der Waals surface area contributed by atoms with Crippen molar-refractivity contribution in [2.75, 3.05) is 33.4 Å². The highest BCUT2D eigenvalue weighted by Gasteiger charge is 2.33. The first-order valence-corrected chi connectivity index (χ1v) is 12.0. The monoisotopic (exact) mass is 483 g/mol. The summed E-state index contributed by atoms with van der Waals surface area (Å²) in [5.41, 5.74) is 0.256. The zero-order valence-corrected chi connectivity index (χ0v) is 20.5. The lowest BCUT2D eigenvalue weighted by Crippen LogP contribution is -2.47.